The molecule has 0 amide bonds. The van der Waals surface area contributed by atoms with Gasteiger partial charge in [-0.1, -0.05) is 50.6 Å². The number of hydrogen-bond donors (Lipinski definition) is 1. The molecule has 0 spiro atoms. The van der Waals surface area contributed by atoms with Crippen LogP contribution in [-0.4, -0.2) is 47.9 Å². The Morgan fingerprint density at radius 2 is 1.62 bits per heavy atom. The first-order valence-electron chi connectivity index (χ1n) is 15.0. The SMILES string of the molecule is CN1\C(=C/C=C/C=C/C=C/C2=[N+](CCCCCCC(=O)O)c3ccc(S(=O)(=O)[O-])cc3C2(C)C)C(C)(C)c2c(I)cc(I)cc21. The second-order valence-electron chi connectivity index (χ2n) is 12.5. The van der Waals surface area contributed by atoms with Gasteiger partial charge in [-0.3, -0.25) is 4.79 Å². The maximum Gasteiger partial charge on any atom is 0.303 e. The van der Waals surface area contributed by atoms with E-state index < -0.39 is 21.5 Å². The van der Waals surface area contributed by atoms with Crippen LogP contribution in [0.25, 0.3) is 0 Å². The van der Waals surface area contributed by atoms with Gasteiger partial charge < -0.3 is 14.6 Å². The molecule has 2 aliphatic heterocycles. The van der Waals surface area contributed by atoms with Crippen LogP contribution in [0.2, 0.25) is 0 Å². The Labute approximate surface area is 294 Å². The van der Waals surface area contributed by atoms with Crippen LogP contribution in [-0.2, 0) is 25.7 Å². The number of anilines is 1. The molecular formula is C35H40I2N2O5S. The van der Waals surface area contributed by atoms with E-state index >= 15 is 0 Å². The highest BCUT2D eigenvalue weighted by Gasteiger charge is 2.44. The molecule has 7 nitrogen and oxygen atoms in total. The summed E-state index contributed by atoms with van der Waals surface area (Å²) in [4.78, 5) is 12.9. The standard InChI is InChI=1S/C35H40I2N2O5S/c1-34(2)26-23-25(45(42,43)44)18-19-28(26)39(20-14-10-9-13-17-32(40)41)31(34)16-12-8-6-7-11-15-30-35(3,4)33-27(37)21-24(36)22-29(33)38(30)5/h6-8,11-12,15-16,18-19,21-23H,9-10,13-14,17,20H2,1-5H3,(H-,40,41,42,43,44). The minimum atomic E-state index is -4.58. The number of fused-ring (bicyclic) bond motifs is 2. The number of allylic oxidation sites excluding steroid dienone is 8. The Bertz CT molecular complexity index is 1750. The molecule has 1 N–H and O–H groups in total. The van der Waals surface area contributed by atoms with Crippen molar-refractivity contribution >= 4 is 78.4 Å². The van der Waals surface area contributed by atoms with Gasteiger partial charge in [0.2, 0.25) is 5.69 Å². The van der Waals surface area contributed by atoms with E-state index in [2.05, 4.69) is 99.8 Å². The molecule has 0 fully saturated rings. The Kier molecular flexibility index (Phi) is 11.2. The second-order valence-corrected chi connectivity index (χ2v) is 16.3. The van der Waals surface area contributed by atoms with Crippen molar-refractivity contribution in [1.82, 2.24) is 0 Å². The van der Waals surface area contributed by atoms with Crippen LogP contribution in [0.15, 0.2) is 83.5 Å². The Balaban J connectivity index is 1.53. The number of nitrogens with zero attached hydrogens (tertiary/aromatic N) is 2. The molecule has 2 heterocycles. The molecule has 0 aliphatic carbocycles. The number of aliphatic carboxylic acids is 1. The average molecular weight is 855 g/mol. The van der Waals surface area contributed by atoms with Gasteiger partial charge in [0, 0.05) is 67.1 Å². The van der Waals surface area contributed by atoms with E-state index in [0.29, 0.717) is 13.0 Å². The summed E-state index contributed by atoms with van der Waals surface area (Å²) in [6.07, 6.45) is 17.6. The fourth-order valence-electron chi connectivity index (χ4n) is 6.38. The summed E-state index contributed by atoms with van der Waals surface area (Å²) in [7, 11) is -2.46. The Morgan fingerprint density at radius 3 is 2.31 bits per heavy atom. The normalized spacial score (nSPS) is 18.2. The fraction of sp³-hybridized carbons (Fsp3) is 0.371. The zero-order valence-electron chi connectivity index (χ0n) is 26.3. The van der Waals surface area contributed by atoms with Crippen molar-refractivity contribution in [1.29, 1.82) is 0 Å². The number of hydrogen-bond acceptors (Lipinski definition) is 5. The first-order valence-corrected chi connectivity index (χ1v) is 18.6. The van der Waals surface area contributed by atoms with Crippen LogP contribution in [0.4, 0.5) is 11.4 Å². The smallest absolute Gasteiger partial charge is 0.303 e. The van der Waals surface area contributed by atoms with Crippen molar-refractivity contribution in [3.8, 4) is 0 Å². The molecule has 0 saturated heterocycles. The molecule has 2 aliphatic rings. The predicted molar refractivity (Wildman–Crippen MR) is 197 cm³/mol. The lowest BCUT2D eigenvalue weighted by Gasteiger charge is -2.24. The highest BCUT2D eigenvalue weighted by molar-refractivity contribution is 14.1. The number of likely N-dealkylation sites (N-methyl/N-ethyl adjacent to an activating group) is 1. The summed E-state index contributed by atoms with van der Waals surface area (Å²) in [5, 5.41) is 8.91. The van der Waals surface area contributed by atoms with Gasteiger partial charge in [-0.15, -0.1) is 0 Å². The molecule has 0 bridgehead atoms. The van der Waals surface area contributed by atoms with Crippen molar-refractivity contribution in [3.05, 3.63) is 96.8 Å². The molecule has 4 rings (SSSR count). The van der Waals surface area contributed by atoms with Crippen molar-refractivity contribution in [2.24, 2.45) is 0 Å². The third-order valence-electron chi connectivity index (χ3n) is 8.65. The topological polar surface area (TPSA) is 101 Å². The lowest BCUT2D eigenvalue weighted by Crippen LogP contribution is -2.28. The number of benzene rings is 2. The van der Waals surface area contributed by atoms with Crippen LogP contribution in [0.5, 0.6) is 0 Å². The molecule has 0 unspecified atom stereocenters. The summed E-state index contributed by atoms with van der Waals surface area (Å²) in [5.74, 6) is -0.778. The van der Waals surface area contributed by atoms with Crippen LogP contribution in [0.3, 0.4) is 0 Å². The van der Waals surface area contributed by atoms with Crippen LogP contribution >= 0.6 is 45.2 Å². The van der Waals surface area contributed by atoms with Gasteiger partial charge >= 0.3 is 5.97 Å². The minimum Gasteiger partial charge on any atom is -0.744 e. The largest absolute Gasteiger partial charge is 0.744 e. The first-order chi connectivity index (χ1) is 21.1. The van der Waals surface area contributed by atoms with Crippen molar-refractivity contribution in [3.63, 3.8) is 0 Å². The van der Waals surface area contributed by atoms with Gasteiger partial charge in [-0.25, -0.2) is 8.42 Å². The molecule has 0 saturated carbocycles. The van der Waals surface area contributed by atoms with Gasteiger partial charge in [-0.05, 0) is 102 Å². The zero-order valence-corrected chi connectivity index (χ0v) is 31.4. The van der Waals surface area contributed by atoms with E-state index in [1.807, 2.05) is 44.2 Å². The molecule has 0 atom stereocenters. The lowest BCUT2D eigenvalue weighted by molar-refractivity contribution is -0.438. The number of carboxylic acid groups (broad SMARTS) is 1. The number of halogens is 2. The first kappa shape index (κ1) is 35.6. The van der Waals surface area contributed by atoms with Crippen molar-refractivity contribution < 1.29 is 27.4 Å². The maximum atomic E-state index is 11.8. The van der Waals surface area contributed by atoms with Gasteiger partial charge in [0.25, 0.3) is 0 Å². The van der Waals surface area contributed by atoms with Gasteiger partial charge in [0.05, 0.1) is 10.3 Å². The van der Waals surface area contributed by atoms with Crippen LogP contribution in [0.1, 0.15) is 70.9 Å². The quantitative estimate of drug-likeness (QED) is 0.0761. The van der Waals surface area contributed by atoms with Crippen molar-refractivity contribution in [2.45, 2.75) is 75.5 Å². The summed E-state index contributed by atoms with van der Waals surface area (Å²) in [5.41, 5.74) is 5.90. The van der Waals surface area contributed by atoms with Gasteiger partial charge in [-0.2, -0.15) is 4.58 Å². The summed E-state index contributed by atoms with van der Waals surface area (Å²) >= 11 is 4.81. The van der Waals surface area contributed by atoms with E-state index in [1.165, 1.54) is 36.2 Å². The number of unbranched alkanes of at least 4 members (excludes halogenated alkanes) is 3. The Hall–Kier alpha value is -2.29. The lowest BCUT2D eigenvalue weighted by atomic mass is 9.81. The highest BCUT2D eigenvalue weighted by atomic mass is 127. The summed E-state index contributed by atoms with van der Waals surface area (Å²) < 4.78 is 40.1. The van der Waals surface area contributed by atoms with Crippen LogP contribution < -0.4 is 4.90 Å². The monoisotopic (exact) mass is 854 g/mol. The summed E-state index contributed by atoms with van der Waals surface area (Å²) in [6, 6.07) is 9.07. The fourth-order valence-corrected chi connectivity index (χ4v) is 9.36. The predicted octanol–water partition coefficient (Wildman–Crippen LogP) is 8.19. The minimum absolute atomic E-state index is 0.108. The van der Waals surface area contributed by atoms with Gasteiger partial charge in [0.15, 0.2) is 5.71 Å². The van der Waals surface area contributed by atoms with E-state index in [-0.39, 0.29) is 16.7 Å². The third-order valence-corrected chi connectivity index (χ3v) is 11.0. The molecule has 240 valence electrons. The molecule has 0 radical (unpaired) electrons. The van der Waals surface area contributed by atoms with E-state index in [1.54, 1.807) is 6.07 Å². The second kappa shape index (κ2) is 14.2. The molecule has 2 aromatic rings. The van der Waals surface area contributed by atoms with Gasteiger partial charge in [0.1, 0.15) is 16.7 Å². The molecule has 0 aromatic heterocycles. The number of rotatable bonds is 12. The molecule has 2 aromatic carbocycles. The van der Waals surface area contributed by atoms with E-state index in [9.17, 15) is 17.8 Å². The van der Waals surface area contributed by atoms with E-state index in [0.717, 1.165) is 36.2 Å². The maximum absolute atomic E-state index is 11.8. The van der Waals surface area contributed by atoms with Crippen LogP contribution in [0, 0.1) is 7.14 Å². The average Bonchev–Trinajstić information content (AvgIpc) is 3.27. The number of carbonyl (C=O) groups is 1. The zero-order chi connectivity index (χ0) is 33.2. The summed E-state index contributed by atoms with van der Waals surface area (Å²) in [6.45, 7) is 9.30. The van der Waals surface area contributed by atoms with E-state index in [4.69, 9.17) is 5.11 Å². The highest BCUT2D eigenvalue weighted by Crippen LogP contribution is 2.49. The molecule has 45 heavy (non-hydrogen) atoms. The number of carboxylic acids is 1. The Morgan fingerprint density at radius 1 is 0.956 bits per heavy atom. The molecular weight excluding hydrogens is 814 g/mol. The van der Waals surface area contributed by atoms with Crippen molar-refractivity contribution in [2.75, 3.05) is 18.5 Å². The molecule has 10 heteroatoms. The third kappa shape index (κ3) is 7.82.